The smallest absolute Gasteiger partial charge is 0.165 e. The van der Waals surface area contributed by atoms with Crippen LogP contribution >= 0.6 is 0 Å². The minimum absolute atomic E-state index is 0.0689. The zero-order chi connectivity index (χ0) is 22.4. The highest BCUT2D eigenvalue weighted by Gasteiger charge is 2.19. The second-order valence-corrected chi connectivity index (χ2v) is 8.98. The van der Waals surface area contributed by atoms with E-state index in [4.69, 9.17) is 4.74 Å². The molecular formula is C28H33NO2. The average Bonchev–Trinajstić information content (AvgIpc) is 2.78. The average molecular weight is 416 g/mol. The number of carbonyl (C=O) groups is 1. The Morgan fingerprint density at radius 1 is 0.903 bits per heavy atom. The quantitative estimate of drug-likeness (QED) is 0.403. The van der Waals surface area contributed by atoms with Gasteiger partial charge in [-0.05, 0) is 52.8 Å². The summed E-state index contributed by atoms with van der Waals surface area (Å²) in [5, 5.41) is 3.56. The van der Waals surface area contributed by atoms with Crippen LogP contribution in [0.3, 0.4) is 0 Å². The van der Waals surface area contributed by atoms with E-state index in [0.29, 0.717) is 6.42 Å². The first-order valence-corrected chi connectivity index (χ1v) is 10.9. The Kier molecular flexibility index (Phi) is 7.17. The van der Waals surface area contributed by atoms with Gasteiger partial charge in [0, 0.05) is 17.7 Å². The molecule has 0 spiro atoms. The summed E-state index contributed by atoms with van der Waals surface area (Å²) >= 11 is 0. The summed E-state index contributed by atoms with van der Waals surface area (Å²) in [7, 11) is 1.66. The Hall–Kier alpha value is -3.07. The molecule has 1 atom stereocenters. The van der Waals surface area contributed by atoms with Crippen LogP contribution < -0.4 is 10.1 Å². The monoisotopic (exact) mass is 415 g/mol. The Morgan fingerprint density at radius 3 is 2.03 bits per heavy atom. The van der Waals surface area contributed by atoms with Crippen LogP contribution in [0.15, 0.2) is 72.8 Å². The minimum Gasteiger partial charge on any atom is -0.497 e. The highest BCUT2D eigenvalue weighted by atomic mass is 16.5. The van der Waals surface area contributed by atoms with Crippen molar-refractivity contribution >= 4 is 11.5 Å². The molecule has 0 saturated heterocycles. The van der Waals surface area contributed by atoms with Crippen LogP contribution in [0.25, 0.3) is 0 Å². The molecule has 3 nitrogen and oxygen atoms in total. The third kappa shape index (κ3) is 5.97. The van der Waals surface area contributed by atoms with Gasteiger partial charge in [-0.25, -0.2) is 0 Å². The Bertz CT molecular complexity index is 981. The van der Waals surface area contributed by atoms with Crippen molar-refractivity contribution in [2.45, 2.75) is 52.0 Å². The second kappa shape index (κ2) is 9.82. The lowest BCUT2D eigenvalue weighted by molar-refractivity contribution is 0.0976. The number of methoxy groups -OCH3 is 1. The van der Waals surface area contributed by atoms with Crippen LogP contribution in [0, 0.1) is 0 Å². The third-order valence-corrected chi connectivity index (χ3v) is 5.68. The fraction of sp³-hybridized carbons (Fsp3) is 0.321. The number of rotatable bonds is 8. The Labute approximate surface area is 186 Å². The van der Waals surface area contributed by atoms with E-state index in [9.17, 15) is 4.79 Å². The summed E-state index contributed by atoms with van der Waals surface area (Å²) in [6.45, 7) is 8.68. The number of Topliss-reactive ketones (excluding diaryl/α,β-unsaturated/α-hetero) is 1. The molecule has 0 fully saturated rings. The van der Waals surface area contributed by atoms with Crippen LogP contribution in [0.4, 0.5) is 5.69 Å². The molecular weight excluding hydrogens is 382 g/mol. The molecule has 3 aromatic rings. The van der Waals surface area contributed by atoms with Crippen LogP contribution in [0.5, 0.6) is 5.75 Å². The van der Waals surface area contributed by atoms with Gasteiger partial charge in [0.15, 0.2) is 5.78 Å². The maximum atomic E-state index is 13.1. The molecule has 3 aromatic carbocycles. The van der Waals surface area contributed by atoms with Gasteiger partial charge >= 0.3 is 0 Å². The van der Waals surface area contributed by atoms with E-state index >= 15 is 0 Å². The molecule has 0 amide bonds. The van der Waals surface area contributed by atoms with Gasteiger partial charge in [-0.3, -0.25) is 4.79 Å². The second-order valence-electron chi connectivity index (χ2n) is 8.98. The summed E-state index contributed by atoms with van der Waals surface area (Å²) in [5.41, 5.74) is 5.40. The standard InChI is InChI=1S/C28H33NO2/c1-6-20-7-15-24(16-8-20)29-26(21-11-17-25(31-5)18-12-21)19-27(30)22-9-13-23(14-10-22)28(2,3)4/h7-18,26,29H,6,19H2,1-5H3/t26-/m0/s1. The summed E-state index contributed by atoms with van der Waals surface area (Å²) in [6, 6.07) is 24.2. The summed E-state index contributed by atoms with van der Waals surface area (Å²) in [5.74, 6) is 0.929. The van der Waals surface area contributed by atoms with Crippen molar-refractivity contribution in [1.82, 2.24) is 0 Å². The molecule has 0 radical (unpaired) electrons. The predicted molar refractivity (Wildman–Crippen MR) is 129 cm³/mol. The number of anilines is 1. The van der Waals surface area contributed by atoms with Gasteiger partial charge in [-0.2, -0.15) is 0 Å². The van der Waals surface area contributed by atoms with Crippen LogP contribution in [-0.2, 0) is 11.8 Å². The Balaban J connectivity index is 1.83. The number of benzene rings is 3. The maximum Gasteiger partial charge on any atom is 0.165 e. The molecule has 3 heteroatoms. The van der Waals surface area contributed by atoms with Gasteiger partial charge in [0.05, 0.1) is 13.2 Å². The van der Waals surface area contributed by atoms with Gasteiger partial charge in [0.2, 0.25) is 0 Å². The lowest BCUT2D eigenvalue weighted by Crippen LogP contribution is -2.16. The third-order valence-electron chi connectivity index (χ3n) is 5.68. The first-order valence-electron chi connectivity index (χ1n) is 10.9. The zero-order valence-electron chi connectivity index (χ0n) is 19.2. The van der Waals surface area contributed by atoms with Crippen LogP contribution in [-0.4, -0.2) is 12.9 Å². The van der Waals surface area contributed by atoms with E-state index in [1.807, 2.05) is 36.4 Å². The number of hydrogen-bond donors (Lipinski definition) is 1. The Morgan fingerprint density at radius 2 is 1.52 bits per heavy atom. The summed E-state index contributed by atoms with van der Waals surface area (Å²) in [6.07, 6.45) is 1.38. The molecule has 0 unspecified atom stereocenters. The highest BCUT2D eigenvalue weighted by molar-refractivity contribution is 5.96. The first kappa shape index (κ1) is 22.6. The molecule has 0 aromatic heterocycles. The number of hydrogen-bond acceptors (Lipinski definition) is 3. The molecule has 3 rings (SSSR count). The van der Waals surface area contributed by atoms with Gasteiger partial charge in [-0.15, -0.1) is 0 Å². The van der Waals surface area contributed by atoms with Crippen molar-refractivity contribution in [1.29, 1.82) is 0 Å². The van der Waals surface area contributed by atoms with Gasteiger partial charge in [-0.1, -0.05) is 76.2 Å². The molecule has 0 aliphatic carbocycles. The van der Waals surface area contributed by atoms with E-state index < -0.39 is 0 Å². The topological polar surface area (TPSA) is 38.3 Å². The fourth-order valence-electron chi connectivity index (χ4n) is 3.59. The minimum atomic E-state index is -0.131. The van der Waals surface area contributed by atoms with Crippen molar-refractivity contribution < 1.29 is 9.53 Å². The van der Waals surface area contributed by atoms with E-state index in [2.05, 4.69) is 69.4 Å². The summed E-state index contributed by atoms with van der Waals surface area (Å²) in [4.78, 5) is 13.1. The number of aryl methyl sites for hydroxylation is 1. The van der Waals surface area contributed by atoms with Crippen molar-refractivity contribution in [3.8, 4) is 5.75 Å². The number of ketones is 1. The highest BCUT2D eigenvalue weighted by Crippen LogP contribution is 2.28. The van der Waals surface area contributed by atoms with Crippen molar-refractivity contribution in [3.63, 3.8) is 0 Å². The lowest BCUT2D eigenvalue weighted by Gasteiger charge is -2.21. The van der Waals surface area contributed by atoms with Crippen molar-refractivity contribution in [3.05, 3.63) is 95.1 Å². The molecule has 31 heavy (non-hydrogen) atoms. The predicted octanol–water partition coefficient (Wildman–Crippen LogP) is 6.98. The number of ether oxygens (including phenoxy) is 1. The van der Waals surface area contributed by atoms with Crippen molar-refractivity contribution in [2.24, 2.45) is 0 Å². The number of nitrogens with one attached hydrogen (secondary N) is 1. The van der Waals surface area contributed by atoms with Crippen molar-refractivity contribution in [2.75, 3.05) is 12.4 Å². The van der Waals surface area contributed by atoms with Gasteiger partial charge in [0.25, 0.3) is 0 Å². The number of carbonyl (C=O) groups excluding carboxylic acids is 1. The molecule has 0 heterocycles. The lowest BCUT2D eigenvalue weighted by atomic mass is 9.86. The fourth-order valence-corrected chi connectivity index (χ4v) is 3.59. The molecule has 0 bridgehead atoms. The van der Waals surface area contributed by atoms with Gasteiger partial charge < -0.3 is 10.1 Å². The molecule has 0 saturated carbocycles. The van der Waals surface area contributed by atoms with E-state index in [-0.39, 0.29) is 17.2 Å². The maximum absolute atomic E-state index is 13.1. The molecule has 1 N–H and O–H groups in total. The first-order chi connectivity index (χ1) is 14.8. The van der Waals surface area contributed by atoms with Crippen LogP contribution in [0.2, 0.25) is 0 Å². The summed E-state index contributed by atoms with van der Waals surface area (Å²) < 4.78 is 5.29. The van der Waals surface area contributed by atoms with E-state index in [0.717, 1.165) is 29.0 Å². The molecule has 0 aliphatic rings. The zero-order valence-corrected chi connectivity index (χ0v) is 19.2. The van der Waals surface area contributed by atoms with E-state index in [1.165, 1.54) is 11.1 Å². The molecule has 162 valence electrons. The van der Waals surface area contributed by atoms with E-state index in [1.54, 1.807) is 7.11 Å². The SMILES string of the molecule is CCc1ccc(N[C@@H](CC(=O)c2ccc(C(C)(C)C)cc2)c2ccc(OC)cc2)cc1. The largest absolute Gasteiger partial charge is 0.497 e. The van der Waals surface area contributed by atoms with Gasteiger partial charge in [0.1, 0.15) is 5.75 Å². The normalized spacial score (nSPS) is 12.3. The van der Waals surface area contributed by atoms with Crippen LogP contribution in [0.1, 0.15) is 67.2 Å². The molecule has 0 aliphatic heterocycles.